The van der Waals surface area contributed by atoms with Crippen LogP contribution >= 0.6 is 0 Å². The molecule has 0 unspecified atom stereocenters. The van der Waals surface area contributed by atoms with Gasteiger partial charge >= 0.3 is 5.97 Å². The van der Waals surface area contributed by atoms with Crippen LogP contribution in [0.4, 0.5) is 0 Å². The van der Waals surface area contributed by atoms with Crippen LogP contribution in [0.1, 0.15) is 48.7 Å². The second-order valence-electron chi connectivity index (χ2n) is 7.21. The Labute approximate surface area is 159 Å². The van der Waals surface area contributed by atoms with Crippen LogP contribution in [-0.2, 0) is 9.53 Å². The molecule has 1 aliphatic carbocycles. The van der Waals surface area contributed by atoms with Crippen molar-refractivity contribution in [2.75, 3.05) is 6.61 Å². The molecule has 5 nitrogen and oxygen atoms in total. The third-order valence-corrected chi connectivity index (χ3v) is 4.14. The number of hydrogen-bond donors (Lipinski definition) is 1. The van der Waals surface area contributed by atoms with Gasteiger partial charge in [-0.3, -0.25) is 4.79 Å². The summed E-state index contributed by atoms with van der Waals surface area (Å²) < 4.78 is 11.3. The molecule has 27 heavy (non-hydrogen) atoms. The van der Waals surface area contributed by atoms with Gasteiger partial charge < -0.3 is 14.8 Å². The van der Waals surface area contributed by atoms with E-state index in [1.807, 2.05) is 18.2 Å². The molecule has 2 aromatic carbocycles. The molecule has 1 atom stereocenters. The lowest BCUT2D eigenvalue weighted by Crippen LogP contribution is -2.33. The molecule has 0 saturated heterocycles. The number of benzene rings is 2. The van der Waals surface area contributed by atoms with Gasteiger partial charge in [0.1, 0.15) is 5.75 Å². The van der Waals surface area contributed by atoms with Crippen LogP contribution in [0.3, 0.4) is 0 Å². The van der Waals surface area contributed by atoms with E-state index in [9.17, 15) is 9.59 Å². The lowest BCUT2D eigenvalue weighted by molar-refractivity contribution is -0.130. The monoisotopic (exact) mass is 367 g/mol. The molecule has 0 aliphatic heterocycles. The van der Waals surface area contributed by atoms with Crippen molar-refractivity contribution < 1.29 is 19.1 Å². The molecule has 0 bridgehead atoms. The van der Waals surface area contributed by atoms with Crippen molar-refractivity contribution in [2.24, 2.45) is 5.92 Å². The predicted molar refractivity (Wildman–Crippen MR) is 103 cm³/mol. The smallest absolute Gasteiger partial charge is 0.339 e. The lowest BCUT2D eigenvalue weighted by atomic mass is 10.1. The molecule has 1 fully saturated rings. The van der Waals surface area contributed by atoms with Crippen LogP contribution in [0, 0.1) is 5.92 Å². The summed E-state index contributed by atoms with van der Waals surface area (Å²) in [5, 5.41) is 2.91. The Morgan fingerprint density at radius 3 is 2.48 bits per heavy atom. The third kappa shape index (κ3) is 5.58. The fraction of sp³-hybridized carbons (Fsp3) is 0.364. The summed E-state index contributed by atoms with van der Waals surface area (Å²) in [7, 11) is 0. The Morgan fingerprint density at radius 2 is 1.81 bits per heavy atom. The molecule has 5 heteroatoms. The molecule has 1 aliphatic rings. The van der Waals surface area contributed by atoms with E-state index < -0.39 is 12.1 Å². The quantitative estimate of drug-likeness (QED) is 0.719. The zero-order valence-electron chi connectivity index (χ0n) is 15.7. The highest BCUT2D eigenvalue weighted by Gasteiger charge is 2.31. The number of nitrogens with one attached hydrogen (secondary N) is 1. The SMILES string of the molecule is CC(C)COc1cccc(C(=O)O[C@@H](C(=O)NC2CC2)c2ccccc2)c1. The second kappa shape index (κ2) is 8.71. The normalized spacial score (nSPS) is 14.5. The average Bonchev–Trinajstić information content (AvgIpc) is 3.49. The first-order chi connectivity index (χ1) is 13.0. The Hall–Kier alpha value is -2.82. The molecule has 3 rings (SSSR count). The third-order valence-electron chi connectivity index (χ3n) is 4.14. The van der Waals surface area contributed by atoms with E-state index in [4.69, 9.17) is 9.47 Å². The maximum Gasteiger partial charge on any atom is 0.339 e. The number of hydrogen-bond acceptors (Lipinski definition) is 4. The molecular formula is C22H25NO4. The lowest BCUT2D eigenvalue weighted by Gasteiger charge is -2.18. The molecule has 2 aromatic rings. The fourth-order valence-corrected chi connectivity index (χ4v) is 2.56. The first-order valence-electron chi connectivity index (χ1n) is 9.32. The summed E-state index contributed by atoms with van der Waals surface area (Å²) in [5.41, 5.74) is 1.01. The molecular weight excluding hydrogens is 342 g/mol. The number of esters is 1. The van der Waals surface area contributed by atoms with Gasteiger partial charge in [-0.05, 0) is 37.0 Å². The molecule has 0 spiro atoms. The zero-order chi connectivity index (χ0) is 19.2. The van der Waals surface area contributed by atoms with E-state index in [2.05, 4.69) is 19.2 Å². The largest absolute Gasteiger partial charge is 0.493 e. The molecule has 1 saturated carbocycles. The van der Waals surface area contributed by atoms with E-state index in [1.54, 1.807) is 36.4 Å². The van der Waals surface area contributed by atoms with Crippen molar-refractivity contribution in [1.82, 2.24) is 5.32 Å². The second-order valence-corrected chi connectivity index (χ2v) is 7.21. The number of rotatable bonds is 8. The summed E-state index contributed by atoms with van der Waals surface area (Å²) in [4.78, 5) is 25.3. The van der Waals surface area contributed by atoms with Gasteiger partial charge in [-0.25, -0.2) is 4.79 Å². The van der Waals surface area contributed by atoms with E-state index in [-0.39, 0.29) is 11.9 Å². The van der Waals surface area contributed by atoms with Gasteiger partial charge in [-0.2, -0.15) is 0 Å². The van der Waals surface area contributed by atoms with Gasteiger partial charge in [-0.1, -0.05) is 50.2 Å². The van der Waals surface area contributed by atoms with Crippen LogP contribution < -0.4 is 10.1 Å². The molecule has 142 valence electrons. The predicted octanol–water partition coefficient (Wildman–Crippen LogP) is 3.90. The summed E-state index contributed by atoms with van der Waals surface area (Å²) in [6.07, 6.45) is 0.965. The topological polar surface area (TPSA) is 64.6 Å². The number of amides is 1. The summed E-state index contributed by atoms with van der Waals surface area (Å²) in [5.74, 6) is 0.153. The van der Waals surface area contributed by atoms with Crippen molar-refractivity contribution >= 4 is 11.9 Å². The highest BCUT2D eigenvalue weighted by molar-refractivity contribution is 5.93. The summed E-state index contributed by atoms with van der Waals surface area (Å²) >= 11 is 0. The standard InChI is InChI=1S/C22H25NO4/c1-15(2)14-26-19-10-6-9-17(13-19)22(25)27-20(16-7-4-3-5-8-16)21(24)23-18-11-12-18/h3-10,13,15,18,20H,11-12,14H2,1-2H3,(H,23,24)/t20-/m1/s1. The Kier molecular flexibility index (Phi) is 6.12. The molecule has 1 amide bonds. The number of carbonyl (C=O) groups is 2. The summed E-state index contributed by atoms with van der Waals surface area (Å²) in [6, 6.07) is 16.1. The van der Waals surface area contributed by atoms with Crippen molar-refractivity contribution in [3.05, 3.63) is 65.7 Å². The van der Waals surface area contributed by atoms with E-state index in [0.29, 0.717) is 29.4 Å². The Balaban J connectivity index is 1.73. The van der Waals surface area contributed by atoms with E-state index in [1.165, 1.54) is 0 Å². The van der Waals surface area contributed by atoms with Crippen LogP contribution in [0.25, 0.3) is 0 Å². The minimum absolute atomic E-state index is 0.190. The van der Waals surface area contributed by atoms with Crippen LogP contribution in [0.5, 0.6) is 5.75 Å². The molecule has 0 heterocycles. The van der Waals surface area contributed by atoms with Crippen molar-refractivity contribution in [3.8, 4) is 5.75 Å². The zero-order valence-corrected chi connectivity index (χ0v) is 15.7. The van der Waals surface area contributed by atoms with Crippen molar-refractivity contribution in [1.29, 1.82) is 0 Å². The highest BCUT2D eigenvalue weighted by atomic mass is 16.5. The van der Waals surface area contributed by atoms with Crippen LogP contribution in [-0.4, -0.2) is 24.5 Å². The minimum Gasteiger partial charge on any atom is -0.493 e. The average molecular weight is 367 g/mol. The minimum atomic E-state index is -0.973. The summed E-state index contributed by atoms with van der Waals surface area (Å²) in [6.45, 7) is 4.68. The van der Waals surface area contributed by atoms with Gasteiger partial charge in [0.05, 0.1) is 12.2 Å². The maximum atomic E-state index is 12.7. The number of ether oxygens (including phenoxy) is 2. The van der Waals surface area contributed by atoms with Crippen molar-refractivity contribution in [3.63, 3.8) is 0 Å². The van der Waals surface area contributed by atoms with E-state index >= 15 is 0 Å². The van der Waals surface area contributed by atoms with Gasteiger partial charge in [0.2, 0.25) is 6.10 Å². The number of carbonyl (C=O) groups excluding carboxylic acids is 2. The fourth-order valence-electron chi connectivity index (χ4n) is 2.56. The van der Waals surface area contributed by atoms with E-state index in [0.717, 1.165) is 12.8 Å². The Morgan fingerprint density at radius 1 is 1.07 bits per heavy atom. The molecule has 0 aromatic heterocycles. The molecule has 0 radical (unpaired) electrons. The maximum absolute atomic E-state index is 12.7. The first kappa shape index (κ1) is 19.0. The van der Waals surface area contributed by atoms with Gasteiger partial charge in [0.25, 0.3) is 5.91 Å². The van der Waals surface area contributed by atoms with Gasteiger partial charge in [0, 0.05) is 11.6 Å². The van der Waals surface area contributed by atoms with Crippen LogP contribution in [0.15, 0.2) is 54.6 Å². The first-order valence-corrected chi connectivity index (χ1v) is 9.32. The van der Waals surface area contributed by atoms with Crippen LogP contribution in [0.2, 0.25) is 0 Å². The highest BCUT2D eigenvalue weighted by Crippen LogP contribution is 2.24. The van der Waals surface area contributed by atoms with Gasteiger partial charge in [0.15, 0.2) is 0 Å². The van der Waals surface area contributed by atoms with Crippen molar-refractivity contribution in [2.45, 2.75) is 38.8 Å². The molecule has 1 N–H and O–H groups in total. The van der Waals surface area contributed by atoms with Gasteiger partial charge in [-0.15, -0.1) is 0 Å². The Bertz CT molecular complexity index is 784.